The van der Waals surface area contributed by atoms with Gasteiger partial charge in [-0.1, -0.05) is 6.07 Å². The molecule has 2 aromatic carbocycles. The molecule has 3 aliphatic heterocycles. The number of fused-ring (bicyclic) bond motifs is 4. The molecule has 3 aliphatic rings. The summed E-state index contributed by atoms with van der Waals surface area (Å²) in [6.45, 7) is 5.09. The lowest BCUT2D eigenvalue weighted by molar-refractivity contribution is 0.0605. The maximum atomic E-state index is 13.2. The second kappa shape index (κ2) is 9.98. The molecule has 2 amide bonds. The number of hydrogen-bond acceptors (Lipinski definition) is 6. The number of rotatable bonds is 6. The van der Waals surface area contributed by atoms with Crippen molar-refractivity contribution in [3.63, 3.8) is 0 Å². The minimum absolute atomic E-state index is 0.0390. The van der Waals surface area contributed by atoms with E-state index in [2.05, 4.69) is 29.4 Å². The molecule has 1 aromatic heterocycles. The van der Waals surface area contributed by atoms with E-state index in [1.807, 2.05) is 60.5 Å². The van der Waals surface area contributed by atoms with E-state index in [9.17, 15) is 4.79 Å². The Kier molecular flexibility index (Phi) is 6.51. The number of piperidine rings is 1. The number of nitrogens with zero attached hydrogens (tertiary/aromatic N) is 3. The van der Waals surface area contributed by atoms with Crippen LogP contribution in [0.5, 0.6) is 11.5 Å². The summed E-state index contributed by atoms with van der Waals surface area (Å²) in [6, 6.07) is 17.6. The van der Waals surface area contributed by atoms with E-state index >= 15 is 0 Å². The van der Waals surface area contributed by atoms with Gasteiger partial charge in [-0.2, -0.15) is 0 Å². The molecule has 4 heterocycles. The van der Waals surface area contributed by atoms with E-state index in [0.717, 1.165) is 52.3 Å². The highest BCUT2D eigenvalue weighted by Crippen LogP contribution is 2.41. The molecule has 0 spiro atoms. The number of pyridine rings is 1. The van der Waals surface area contributed by atoms with Gasteiger partial charge in [0.25, 0.3) is 0 Å². The molecule has 2 fully saturated rings. The lowest BCUT2D eigenvalue weighted by Gasteiger charge is -2.44. The van der Waals surface area contributed by atoms with Crippen LogP contribution in [-0.2, 0) is 0 Å². The van der Waals surface area contributed by atoms with Crippen molar-refractivity contribution in [1.29, 1.82) is 0 Å². The van der Waals surface area contributed by atoms with E-state index in [1.165, 1.54) is 12.8 Å². The summed E-state index contributed by atoms with van der Waals surface area (Å²) in [7, 11) is 3.61. The molecular weight excluding hydrogens is 478 g/mol. The molecule has 2 saturated heterocycles. The number of hydrogen-bond donors (Lipinski definition) is 2. The van der Waals surface area contributed by atoms with Crippen LogP contribution in [0, 0.1) is 0 Å². The molecule has 2 unspecified atom stereocenters. The zero-order valence-electron chi connectivity index (χ0n) is 22.6. The van der Waals surface area contributed by atoms with Crippen LogP contribution < -0.4 is 20.1 Å². The fraction of sp³-hybridized carbons (Fsp3) is 0.467. The molecule has 6 rings (SSSR count). The fourth-order valence-corrected chi connectivity index (χ4v) is 6.73. The van der Waals surface area contributed by atoms with Gasteiger partial charge in [-0.05, 0) is 82.0 Å². The molecule has 4 atom stereocenters. The van der Waals surface area contributed by atoms with Crippen molar-refractivity contribution in [3.05, 3.63) is 54.1 Å². The Hall–Kier alpha value is -3.52. The third-order valence-electron chi connectivity index (χ3n) is 8.49. The van der Waals surface area contributed by atoms with E-state index < -0.39 is 0 Å². The Bertz CT molecular complexity index is 1330. The average Bonchev–Trinajstić information content (AvgIpc) is 3.45. The normalized spacial score (nSPS) is 24.2. The summed E-state index contributed by atoms with van der Waals surface area (Å²) < 4.78 is 11.4. The largest absolute Gasteiger partial charge is 0.496 e. The van der Waals surface area contributed by atoms with Gasteiger partial charge in [-0.25, -0.2) is 9.78 Å². The van der Waals surface area contributed by atoms with Gasteiger partial charge in [0.1, 0.15) is 23.9 Å². The monoisotopic (exact) mass is 515 g/mol. The number of ether oxygens (including phenoxy) is 2. The van der Waals surface area contributed by atoms with Crippen molar-refractivity contribution in [2.24, 2.45) is 0 Å². The molecule has 0 saturated carbocycles. The standard InChI is InChI=1S/C30H37N5O3/c1-18(2)35-21-10-11-22(35)16-23(15-21)34(3)30(36)31-20-9-12-24-19(14-20)8-13-28(32-24)33-25-17-38-27-7-5-6-26(37-4)29(25)27/h5-9,12-14,18,21-23,25H,10-11,15-17H2,1-4H3,(H,31,36)(H,32,33)/t21-,22+,23?,25?. The van der Waals surface area contributed by atoms with Crippen LogP contribution in [0.15, 0.2) is 48.5 Å². The first-order valence-electron chi connectivity index (χ1n) is 13.7. The lowest BCUT2D eigenvalue weighted by atomic mass is 9.95. The van der Waals surface area contributed by atoms with Gasteiger partial charge in [0, 0.05) is 42.3 Å². The smallest absolute Gasteiger partial charge is 0.321 e. The van der Waals surface area contributed by atoms with Gasteiger partial charge in [-0.15, -0.1) is 0 Å². The number of urea groups is 1. The number of anilines is 2. The fourth-order valence-electron chi connectivity index (χ4n) is 6.73. The Balaban J connectivity index is 1.12. The first-order valence-corrected chi connectivity index (χ1v) is 13.7. The van der Waals surface area contributed by atoms with Gasteiger partial charge in [0.15, 0.2) is 0 Å². The van der Waals surface area contributed by atoms with E-state index in [1.54, 1.807) is 7.11 Å². The summed E-state index contributed by atoms with van der Waals surface area (Å²) in [5.74, 6) is 2.41. The molecule has 0 aliphatic carbocycles. The van der Waals surface area contributed by atoms with Crippen molar-refractivity contribution < 1.29 is 14.3 Å². The quantitative estimate of drug-likeness (QED) is 0.441. The van der Waals surface area contributed by atoms with Crippen LogP contribution in [0.2, 0.25) is 0 Å². The number of carbonyl (C=O) groups excluding carboxylic acids is 1. The van der Waals surface area contributed by atoms with Crippen LogP contribution >= 0.6 is 0 Å². The van der Waals surface area contributed by atoms with Crippen LogP contribution in [0.1, 0.15) is 51.1 Å². The number of aromatic nitrogens is 1. The third kappa shape index (κ3) is 4.51. The highest BCUT2D eigenvalue weighted by atomic mass is 16.5. The molecule has 200 valence electrons. The predicted octanol–water partition coefficient (Wildman–Crippen LogP) is 5.66. The zero-order valence-corrected chi connectivity index (χ0v) is 22.6. The molecule has 2 N–H and O–H groups in total. The molecular formula is C30H37N5O3. The van der Waals surface area contributed by atoms with E-state index in [4.69, 9.17) is 14.5 Å². The van der Waals surface area contributed by atoms with E-state index in [-0.39, 0.29) is 18.1 Å². The van der Waals surface area contributed by atoms with Gasteiger partial charge >= 0.3 is 6.03 Å². The SMILES string of the molecule is COc1cccc2c1C(Nc1ccc3cc(NC(=O)N(C)C4C[C@H]5CC[C@@H](C4)N5C(C)C)ccc3n1)CO2. The first kappa shape index (κ1) is 24.8. The van der Waals surface area contributed by atoms with Gasteiger partial charge in [-0.3, -0.25) is 4.90 Å². The maximum absolute atomic E-state index is 13.2. The van der Waals surface area contributed by atoms with Crippen molar-refractivity contribution >= 4 is 28.4 Å². The summed E-state index contributed by atoms with van der Waals surface area (Å²) in [4.78, 5) is 22.5. The average molecular weight is 516 g/mol. The van der Waals surface area contributed by atoms with E-state index in [0.29, 0.717) is 24.7 Å². The van der Waals surface area contributed by atoms with Crippen molar-refractivity contribution in [1.82, 2.24) is 14.8 Å². The number of benzene rings is 2. The van der Waals surface area contributed by atoms with Gasteiger partial charge < -0.3 is 25.0 Å². The zero-order chi connectivity index (χ0) is 26.4. The Morgan fingerprint density at radius 2 is 1.92 bits per heavy atom. The first-order chi connectivity index (χ1) is 18.4. The second-order valence-electron chi connectivity index (χ2n) is 11.1. The number of carbonyl (C=O) groups is 1. The molecule has 8 heteroatoms. The minimum Gasteiger partial charge on any atom is -0.496 e. The highest BCUT2D eigenvalue weighted by Gasteiger charge is 2.43. The Morgan fingerprint density at radius 1 is 1.13 bits per heavy atom. The summed E-state index contributed by atoms with van der Waals surface area (Å²) in [6.07, 6.45) is 4.60. The molecule has 2 bridgehead atoms. The van der Waals surface area contributed by atoms with Crippen molar-refractivity contribution in [3.8, 4) is 11.5 Å². The van der Waals surface area contributed by atoms with Crippen molar-refractivity contribution in [2.45, 2.75) is 69.7 Å². The Morgan fingerprint density at radius 3 is 2.66 bits per heavy atom. The third-order valence-corrected chi connectivity index (χ3v) is 8.49. The van der Waals surface area contributed by atoms with Crippen LogP contribution in [0.3, 0.4) is 0 Å². The van der Waals surface area contributed by atoms with Crippen LogP contribution in [0.4, 0.5) is 16.3 Å². The topological polar surface area (TPSA) is 79.0 Å². The van der Waals surface area contributed by atoms with Gasteiger partial charge in [0.2, 0.25) is 0 Å². The summed E-state index contributed by atoms with van der Waals surface area (Å²) >= 11 is 0. The summed E-state index contributed by atoms with van der Waals surface area (Å²) in [5.41, 5.74) is 2.66. The second-order valence-corrected chi connectivity index (χ2v) is 11.1. The molecule has 8 nitrogen and oxygen atoms in total. The summed E-state index contributed by atoms with van der Waals surface area (Å²) in [5, 5.41) is 7.57. The molecule has 38 heavy (non-hydrogen) atoms. The highest BCUT2D eigenvalue weighted by molar-refractivity contribution is 5.93. The lowest BCUT2D eigenvalue weighted by Crippen LogP contribution is -2.53. The van der Waals surface area contributed by atoms with Crippen LogP contribution in [0.25, 0.3) is 10.9 Å². The number of methoxy groups -OCH3 is 1. The van der Waals surface area contributed by atoms with Gasteiger partial charge in [0.05, 0.1) is 24.2 Å². The molecule has 3 aromatic rings. The molecule has 0 radical (unpaired) electrons. The number of amides is 2. The van der Waals surface area contributed by atoms with Crippen LogP contribution in [-0.4, -0.2) is 65.7 Å². The number of nitrogens with one attached hydrogen (secondary N) is 2. The predicted molar refractivity (Wildman–Crippen MR) is 150 cm³/mol. The van der Waals surface area contributed by atoms with Crippen molar-refractivity contribution in [2.75, 3.05) is 31.4 Å². The maximum Gasteiger partial charge on any atom is 0.321 e. The minimum atomic E-state index is -0.0492. The Labute approximate surface area is 224 Å².